The zero-order chi connectivity index (χ0) is 14.7. The number of phenolic OH excluding ortho intramolecular Hbond substituents is 1. The van der Waals surface area contributed by atoms with Crippen molar-refractivity contribution in [1.82, 2.24) is 0 Å². The molecule has 0 radical (unpaired) electrons. The first-order valence-corrected chi connectivity index (χ1v) is 6.75. The van der Waals surface area contributed by atoms with Gasteiger partial charge < -0.3 is 15.2 Å². The number of phenols is 1. The average Bonchev–Trinajstić information content (AvgIpc) is 2.42. The Morgan fingerprint density at radius 2 is 2.05 bits per heavy atom. The van der Waals surface area contributed by atoms with Crippen LogP contribution < -0.4 is 10.1 Å². The molecule has 2 aromatic rings. The number of amides is 1. The first kappa shape index (κ1) is 14.4. The van der Waals surface area contributed by atoms with E-state index in [2.05, 4.69) is 21.2 Å². The van der Waals surface area contributed by atoms with Crippen molar-refractivity contribution in [2.24, 2.45) is 0 Å². The summed E-state index contributed by atoms with van der Waals surface area (Å²) in [6, 6.07) is 10.1. The summed E-state index contributed by atoms with van der Waals surface area (Å²) in [5.74, 6) is 0.117. The van der Waals surface area contributed by atoms with Crippen LogP contribution >= 0.6 is 15.9 Å². The summed E-state index contributed by atoms with van der Waals surface area (Å²) in [6.07, 6.45) is 0. The van der Waals surface area contributed by atoms with Gasteiger partial charge in [0.15, 0.2) is 11.5 Å². The molecule has 0 fully saturated rings. The van der Waals surface area contributed by atoms with Crippen molar-refractivity contribution in [1.29, 1.82) is 0 Å². The Morgan fingerprint density at radius 1 is 1.30 bits per heavy atom. The minimum absolute atomic E-state index is 0.0173. The minimum atomic E-state index is -0.228. The van der Waals surface area contributed by atoms with E-state index in [0.717, 1.165) is 10.0 Å². The maximum Gasteiger partial charge on any atom is 0.255 e. The molecule has 4 nitrogen and oxygen atoms in total. The molecule has 1 amide bonds. The highest BCUT2D eigenvalue weighted by atomic mass is 79.9. The Hall–Kier alpha value is -2.01. The standard InChI is InChI=1S/C15H14BrNO3/c1-9-11(4-3-5-12(9)16)15(19)17-10-6-7-14(20-2)13(18)8-10/h3-8,18H,1-2H3,(H,17,19). The molecule has 0 unspecified atom stereocenters. The van der Waals surface area contributed by atoms with Gasteiger partial charge in [0.05, 0.1) is 7.11 Å². The molecule has 20 heavy (non-hydrogen) atoms. The van der Waals surface area contributed by atoms with Crippen molar-refractivity contribution < 1.29 is 14.6 Å². The van der Waals surface area contributed by atoms with E-state index < -0.39 is 0 Å². The molecule has 0 aliphatic rings. The van der Waals surface area contributed by atoms with Crippen LogP contribution in [0.15, 0.2) is 40.9 Å². The number of methoxy groups -OCH3 is 1. The van der Waals surface area contributed by atoms with Crippen LogP contribution in [0.1, 0.15) is 15.9 Å². The summed E-state index contributed by atoms with van der Waals surface area (Å²) in [6.45, 7) is 1.87. The number of carbonyl (C=O) groups excluding carboxylic acids is 1. The third-order valence-electron chi connectivity index (χ3n) is 2.95. The van der Waals surface area contributed by atoms with Gasteiger partial charge in [-0.15, -0.1) is 0 Å². The third kappa shape index (κ3) is 2.93. The van der Waals surface area contributed by atoms with Gasteiger partial charge >= 0.3 is 0 Å². The van der Waals surface area contributed by atoms with E-state index in [9.17, 15) is 9.90 Å². The molecule has 0 atom stereocenters. The topological polar surface area (TPSA) is 58.6 Å². The fourth-order valence-corrected chi connectivity index (χ4v) is 2.19. The Kier molecular flexibility index (Phi) is 4.29. The van der Waals surface area contributed by atoms with Gasteiger partial charge in [-0.1, -0.05) is 22.0 Å². The monoisotopic (exact) mass is 335 g/mol. The number of hydrogen-bond donors (Lipinski definition) is 2. The van der Waals surface area contributed by atoms with E-state index in [0.29, 0.717) is 17.0 Å². The Balaban J connectivity index is 2.24. The lowest BCUT2D eigenvalue weighted by atomic mass is 10.1. The normalized spacial score (nSPS) is 10.2. The zero-order valence-corrected chi connectivity index (χ0v) is 12.7. The van der Waals surface area contributed by atoms with Crippen LogP contribution in [-0.4, -0.2) is 18.1 Å². The van der Waals surface area contributed by atoms with Crippen LogP contribution in [0.3, 0.4) is 0 Å². The van der Waals surface area contributed by atoms with Crippen LogP contribution in [0.5, 0.6) is 11.5 Å². The van der Waals surface area contributed by atoms with Gasteiger partial charge in [-0.05, 0) is 36.8 Å². The molecule has 0 aliphatic heterocycles. The quantitative estimate of drug-likeness (QED) is 0.898. The molecule has 0 heterocycles. The Bertz CT molecular complexity index is 656. The lowest BCUT2D eigenvalue weighted by molar-refractivity contribution is 0.102. The number of ether oxygens (including phenoxy) is 1. The largest absolute Gasteiger partial charge is 0.504 e. The van der Waals surface area contributed by atoms with Gasteiger partial charge in [-0.25, -0.2) is 0 Å². The average molecular weight is 336 g/mol. The molecule has 2 aromatic carbocycles. The van der Waals surface area contributed by atoms with Gasteiger partial charge in [0.2, 0.25) is 0 Å². The number of rotatable bonds is 3. The van der Waals surface area contributed by atoms with Crippen LogP contribution in [0.2, 0.25) is 0 Å². The first-order valence-electron chi connectivity index (χ1n) is 5.96. The number of benzene rings is 2. The minimum Gasteiger partial charge on any atom is -0.504 e. The number of aromatic hydroxyl groups is 1. The first-order chi connectivity index (χ1) is 9.52. The van der Waals surface area contributed by atoms with E-state index in [4.69, 9.17) is 4.74 Å². The van der Waals surface area contributed by atoms with Crippen molar-refractivity contribution in [2.45, 2.75) is 6.92 Å². The lowest BCUT2D eigenvalue weighted by Gasteiger charge is -2.10. The van der Waals surface area contributed by atoms with Crippen molar-refractivity contribution in [3.05, 3.63) is 52.0 Å². The van der Waals surface area contributed by atoms with E-state index in [1.54, 1.807) is 24.3 Å². The predicted molar refractivity (Wildman–Crippen MR) is 81.5 cm³/mol. The molecule has 0 aliphatic carbocycles. The van der Waals surface area contributed by atoms with E-state index in [-0.39, 0.29) is 11.7 Å². The van der Waals surface area contributed by atoms with Crippen molar-refractivity contribution in [3.8, 4) is 11.5 Å². The molecule has 5 heteroatoms. The second-order valence-electron chi connectivity index (χ2n) is 4.25. The number of anilines is 1. The second kappa shape index (κ2) is 5.96. The molecule has 0 aromatic heterocycles. The summed E-state index contributed by atoms with van der Waals surface area (Å²) in [4.78, 5) is 12.2. The fourth-order valence-electron chi connectivity index (χ4n) is 1.82. The summed E-state index contributed by atoms with van der Waals surface area (Å²) >= 11 is 3.39. The smallest absolute Gasteiger partial charge is 0.255 e. The second-order valence-corrected chi connectivity index (χ2v) is 5.11. The maximum absolute atomic E-state index is 12.2. The van der Waals surface area contributed by atoms with Gasteiger partial charge in [-0.2, -0.15) is 0 Å². The number of carbonyl (C=O) groups is 1. The number of nitrogens with one attached hydrogen (secondary N) is 1. The van der Waals surface area contributed by atoms with Crippen LogP contribution in [0.25, 0.3) is 0 Å². The summed E-state index contributed by atoms with van der Waals surface area (Å²) in [5, 5.41) is 12.4. The molecule has 0 saturated carbocycles. The predicted octanol–water partition coefficient (Wildman–Crippen LogP) is 3.72. The van der Waals surface area contributed by atoms with E-state index in [1.807, 2.05) is 13.0 Å². The molecule has 0 bridgehead atoms. The van der Waals surface area contributed by atoms with Crippen molar-refractivity contribution in [2.75, 3.05) is 12.4 Å². The van der Waals surface area contributed by atoms with Crippen LogP contribution in [0, 0.1) is 6.92 Å². The van der Waals surface area contributed by atoms with Gasteiger partial charge in [0, 0.05) is 21.8 Å². The summed E-state index contributed by atoms with van der Waals surface area (Å²) in [5.41, 5.74) is 1.95. The van der Waals surface area contributed by atoms with Crippen LogP contribution in [0.4, 0.5) is 5.69 Å². The highest BCUT2D eigenvalue weighted by molar-refractivity contribution is 9.10. The fraction of sp³-hybridized carbons (Fsp3) is 0.133. The van der Waals surface area contributed by atoms with Crippen molar-refractivity contribution >= 4 is 27.5 Å². The third-order valence-corrected chi connectivity index (χ3v) is 3.81. The van der Waals surface area contributed by atoms with Gasteiger partial charge in [-0.3, -0.25) is 4.79 Å². The van der Waals surface area contributed by atoms with E-state index >= 15 is 0 Å². The summed E-state index contributed by atoms with van der Waals surface area (Å²) < 4.78 is 5.83. The maximum atomic E-state index is 12.2. The lowest BCUT2D eigenvalue weighted by Crippen LogP contribution is -2.13. The summed E-state index contributed by atoms with van der Waals surface area (Å²) in [7, 11) is 1.47. The molecule has 2 N–H and O–H groups in total. The highest BCUT2D eigenvalue weighted by Crippen LogP contribution is 2.29. The van der Waals surface area contributed by atoms with E-state index in [1.165, 1.54) is 13.2 Å². The molecular formula is C15H14BrNO3. The molecule has 104 valence electrons. The molecular weight excluding hydrogens is 322 g/mol. The number of halogens is 1. The zero-order valence-electron chi connectivity index (χ0n) is 11.1. The Labute approximate surface area is 125 Å². The van der Waals surface area contributed by atoms with Gasteiger partial charge in [0.25, 0.3) is 5.91 Å². The Morgan fingerprint density at radius 3 is 2.70 bits per heavy atom. The van der Waals surface area contributed by atoms with Crippen molar-refractivity contribution in [3.63, 3.8) is 0 Å². The molecule has 2 rings (SSSR count). The SMILES string of the molecule is COc1ccc(NC(=O)c2cccc(Br)c2C)cc1O. The molecule has 0 spiro atoms. The molecule has 0 saturated heterocycles. The van der Waals surface area contributed by atoms with Gasteiger partial charge in [0.1, 0.15) is 0 Å². The highest BCUT2D eigenvalue weighted by Gasteiger charge is 2.12. The van der Waals surface area contributed by atoms with Crippen LogP contribution in [-0.2, 0) is 0 Å². The number of hydrogen-bond acceptors (Lipinski definition) is 3.